The number of hydrogen-bond donors (Lipinski definition) is 5. The van der Waals surface area contributed by atoms with Crippen LogP contribution in [0.15, 0.2) is 30.1 Å². The lowest BCUT2D eigenvalue weighted by Gasteiger charge is -2.35. The van der Waals surface area contributed by atoms with Crippen LogP contribution in [-0.4, -0.2) is 66.5 Å². The van der Waals surface area contributed by atoms with Crippen molar-refractivity contribution in [2.75, 3.05) is 39.1 Å². The van der Waals surface area contributed by atoms with Crippen LogP contribution in [0.25, 0.3) is 0 Å². The highest BCUT2D eigenvalue weighted by Gasteiger charge is 2.40. The van der Waals surface area contributed by atoms with Gasteiger partial charge in [-0.3, -0.25) is 10.8 Å². The van der Waals surface area contributed by atoms with Gasteiger partial charge in [0, 0.05) is 37.5 Å². The summed E-state index contributed by atoms with van der Waals surface area (Å²) < 4.78 is 11.4. The number of allylic oxidation sites excluding steroid dienone is 1. The van der Waals surface area contributed by atoms with Crippen LogP contribution in [0.3, 0.4) is 0 Å². The van der Waals surface area contributed by atoms with E-state index in [1.165, 1.54) is 0 Å². The van der Waals surface area contributed by atoms with Gasteiger partial charge in [0.05, 0.1) is 30.7 Å². The minimum atomic E-state index is -0.257. The molecule has 1 aromatic rings. The SMILES string of the molecule is CN/C(=C\C(=N)C(=N)c1cc(OC2(C)CC2)ccc1N)N1CCOC(CO)C1. The van der Waals surface area contributed by atoms with Crippen LogP contribution in [0.2, 0.25) is 0 Å². The number of nitrogens with two attached hydrogens (primary N) is 1. The summed E-state index contributed by atoms with van der Waals surface area (Å²) in [5.74, 6) is 1.37. The van der Waals surface area contributed by atoms with E-state index in [1.807, 2.05) is 4.90 Å². The first-order valence-corrected chi connectivity index (χ1v) is 9.48. The third kappa shape index (κ3) is 4.63. The van der Waals surface area contributed by atoms with Crippen molar-refractivity contribution >= 4 is 17.1 Å². The van der Waals surface area contributed by atoms with Crippen molar-refractivity contribution in [3.63, 3.8) is 0 Å². The van der Waals surface area contributed by atoms with Gasteiger partial charge in [-0.15, -0.1) is 0 Å². The lowest BCUT2D eigenvalue weighted by atomic mass is 10.0. The topological polar surface area (TPSA) is 128 Å². The highest BCUT2D eigenvalue weighted by molar-refractivity contribution is 6.50. The normalized spacial score (nSPS) is 21.2. The number of hydrogen-bond acceptors (Lipinski definition) is 8. The summed E-state index contributed by atoms with van der Waals surface area (Å²) >= 11 is 0. The maximum Gasteiger partial charge on any atom is 0.120 e. The van der Waals surface area contributed by atoms with Crippen molar-refractivity contribution in [2.24, 2.45) is 0 Å². The van der Waals surface area contributed by atoms with Gasteiger partial charge in [-0.1, -0.05) is 0 Å². The molecule has 0 spiro atoms. The van der Waals surface area contributed by atoms with Gasteiger partial charge in [0.2, 0.25) is 0 Å². The monoisotopic (exact) mass is 387 g/mol. The van der Waals surface area contributed by atoms with E-state index in [9.17, 15) is 5.11 Å². The maximum absolute atomic E-state index is 9.33. The highest BCUT2D eigenvalue weighted by atomic mass is 16.5. The molecule has 28 heavy (non-hydrogen) atoms. The smallest absolute Gasteiger partial charge is 0.120 e. The molecular weight excluding hydrogens is 358 g/mol. The van der Waals surface area contributed by atoms with Crippen molar-refractivity contribution in [1.29, 1.82) is 10.8 Å². The van der Waals surface area contributed by atoms with E-state index in [0.717, 1.165) is 12.8 Å². The second-order valence-electron chi connectivity index (χ2n) is 7.49. The van der Waals surface area contributed by atoms with E-state index in [0.29, 0.717) is 42.5 Å². The summed E-state index contributed by atoms with van der Waals surface area (Å²) in [5.41, 5.74) is 6.93. The van der Waals surface area contributed by atoms with Gasteiger partial charge in [0.1, 0.15) is 17.2 Å². The average Bonchev–Trinajstić information content (AvgIpc) is 3.43. The van der Waals surface area contributed by atoms with E-state index in [1.54, 1.807) is 31.3 Å². The number of anilines is 1. The van der Waals surface area contributed by atoms with Crippen LogP contribution in [0, 0.1) is 10.8 Å². The van der Waals surface area contributed by atoms with Crippen LogP contribution in [0.4, 0.5) is 5.69 Å². The molecule has 1 saturated heterocycles. The van der Waals surface area contributed by atoms with Crippen LogP contribution >= 0.6 is 0 Å². The standard InChI is InChI=1S/C20H29N5O3/c1-20(5-6-20)28-13-3-4-16(21)15(9-13)19(23)17(22)10-18(24-2)25-7-8-27-14(11-25)12-26/h3-4,9-10,14,22-24,26H,5-8,11-12,21H2,1-2H3/b18-10+,22-17?,23-19?. The highest BCUT2D eigenvalue weighted by Crippen LogP contribution is 2.40. The first kappa shape index (κ1) is 20.2. The fourth-order valence-corrected chi connectivity index (χ4v) is 3.10. The molecule has 0 amide bonds. The Hall–Kier alpha value is -2.58. The average molecular weight is 387 g/mol. The van der Waals surface area contributed by atoms with Gasteiger partial charge in [-0.25, -0.2) is 0 Å². The molecule has 0 aromatic heterocycles. The number of benzene rings is 1. The van der Waals surface area contributed by atoms with Crippen LogP contribution in [0.5, 0.6) is 5.75 Å². The number of rotatable bonds is 8. The Balaban J connectivity index is 1.76. The zero-order chi connectivity index (χ0) is 20.3. The Morgan fingerprint density at radius 3 is 2.86 bits per heavy atom. The Morgan fingerprint density at radius 1 is 1.46 bits per heavy atom. The number of aliphatic hydroxyl groups is 1. The third-order valence-electron chi connectivity index (χ3n) is 5.10. The molecule has 1 aliphatic carbocycles. The molecule has 1 heterocycles. The number of aliphatic hydroxyl groups excluding tert-OH is 1. The molecule has 6 N–H and O–H groups in total. The minimum absolute atomic E-state index is 0.0311. The molecule has 152 valence electrons. The molecule has 1 aromatic carbocycles. The number of morpholine rings is 1. The largest absolute Gasteiger partial charge is 0.488 e. The summed E-state index contributed by atoms with van der Waals surface area (Å²) in [4.78, 5) is 2.00. The number of nitrogen functional groups attached to an aromatic ring is 1. The summed E-state index contributed by atoms with van der Waals surface area (Å²) in [6, 6.07) is 5.25. The van der Waals surface area contributed by atoms with Crippen molar-refractivity contribution in [2.45, 2.75) is 31.5 Å². The number of nitrogens with one attached hydrogen (secondary N) is 3. The summed E-state index contributed by atoms with van der Waals surface area (Å²) in [6.45, 7) is 3.67. The fraction of sp³-hybridized carbons (Fsp3) is 0.500. The molecule has 0 radical (unpaired) electrons. The zero-order valence-corrected chi connectivity index (χ0v) is 16.4. The van der Waals surface area contributed by atoms with Crippen LogP contribution in [-0.2, 0) is 4.74 Å². The van der Waals surface area contributed by atoms with Crippen LogP contribution < -0.4 is 15.8 Å². The van der Waals surface area contributed by atoms with E-state index in [4.69, 9.17) is 26.0 Å². The molecule has 1 saturated carbocycles. The van der Waals surface area contributed by atoms with Gasteiger partial charge in [0.25, 0.3) is 0 Å². The molecule has 1 unspecified atom stereocenters. The predicted octanol–water partition coefficient (Wildman–Crippen LogP) is 1.34. The van der Waals surface area contributed by atoms with Gasteiger partial charge in [-0.05, 0) is 38.0 Å². The summed E-state index contributed by atoms with van der Waals surface area (Å²) in [7, 11) is 1.77. The quantitative estimate of drug-likeness (QED) is 0.338. The molecule has 1 aliphatic heterocycles. The molecule has 0 bridgehead atoms. The van der Waals surface area contributed by atoms with Gasteiger partial charge in [0.15, 0.2) is 0 Å². The molecular formula is C20H29N5O3. The number of ether oxygens (including phenoxy) is 2. The Bertz CT molecular complexity index is 788. The van der Waals surface area contributed by atoms with Crippen molar-refractivity contribution in [3.8, 4) is 5.75 Å². The lowest BCUT2D eigenvalue weighted by molar-refractivity contribution is -0.0445. The molecule has 3 rings (SSSR count). The lowest BCUT2D eigenvalue weighted by Crippen LogP contribution is -2.46. The molecule has 1 atom stereocenters. The van der Waals surface area contributed by atoms with Crippen LogP contribution in [0.1, 0.15) is 25.3 Å². The molecule has 8 nitrogen and oxygen atoms in total. The fourth-order valence-electron chi connectivity index (χ4n) is 3.10. The van der Waals surface area contributed by atoms with Gasteiger partial charge < -0.3 is 30.5 Å². The molecule has 2 aliphatic rings. The molecule has 8 heteroatoms. The Labute approximate surface area is 165 Å². The van der Waals surface area contributed by atoms with E-state index in [2.05, 4.69) is 12.2 Å². The van der Waals surface area contributed by atoms with E-state index < -0.39 is 0 Å². The zero-order valence-electron chi connectivity index (χ0n) is 16.4. The van der Waals surface area contributed by atoms with Gasteiger partial charge in [-0.2, -0.15) is 0 Å². The maximum atomic E-state index is 9.33. The Morgan fingerprint density at radius 2 is 2.21 bits per heavy atom. The minimum Gasteiger partial charge on any atom is -0.488 e. The van der Waals surface area contributed by atoms with E-state index >= 15 is 0 Å². The van der Waals surface area contributed by atoms with Crippen molar-refractivity contribution in [1.82, 2.24) is 10.2 Å². The third-order valence-corrected chi connectivity index (χ3v) is 5.10. The predicted molar refractivity (Wildman–Crippen MR) is 109 cm³/mol. The first-order valence-electron chi connectivity index (χ1n) is 9.48. The van der Waals surface area contributed by atoms with Gasteiger partial charge >= 0.3 is 0 Å². The molecule has 2 fully saturated rings. The summed E-state index contributed by atoms with van der Waals surface area (Å²) in [5, 5.41) is 29.3. The second kappa shape index (κ2) is 8.20. The Kier molecular flexibility index (Phi) is 5.90. The van der Waals surface area contributed by atoms with E-state index in [-0.39, 0.29) is 29.7 Å². The van der Waals surface area contributed by atoms with Crippen molar-refractivity contribution in [3.05, 3.63) is 35.7 Å². The first-order chi connectivity index (χ1) is 13.3. The van der Waals surface area contributed by atoms with Crippen molar-refractivity contribution < 1.29 is 14.6 Å². The number of nitrogens with zero attached hydrogens (tertiary/aromatic N) is 1. The second-order valence-corrected chi connectivity index (χ2v) is 7.49. The summed E-state index contributed by atoms with van der Waals surface area (Å²) in [6.07, 6.45) is 3.38.